The quantitative estimate of drug-likeness (QED) is 0.367. The Morgan fingerprint density at radius 1 is 0.962 bits per heavy atom. The van der Waals surface area contributed by atoms with Crippen LogP contribution in [0.25, 0.3) is 0 Å². The van der Waals surface area contributed by atoms with Gasteiger partial charge >= 0.3 is 0 Å². The zero-order chi connectivity index (χ0) is 19.0. The molecule has 26 heavy (non-hydrogen) atoms. The van der Waals surface area contributed by atoms with Gasteiger partial charge in [-0.1, -0.05) is 29.8 Å². The number of ether oxygens (including phenoxy) is 1. The van der Waals surface area contributed by atoms with Gasteiger partial charge in [0.25, 0.3) is 10.1 Å². The fraction of sp³-hybridized carbons (Fsp3) is 0.263. The smallest absolute Gasteiger partial charge is 0.296 e. The second-order valence-corrected chi connectivity index (χ2v) is 7.18. The molecule has 0 aromatic heterocycles. The highest BCUT2D eigenvalue weighted by atomic mass is 32.2. The number of benzene rings is 2. The first-order chi connectivity index (χ1) is 12.4. The second-order valence-electron chi connectivity index (χ2n) is 5.56. The van der Waals surface area contributed by atoms with Gasteiger partial charge in [0, 0.05) is 6.07 Å². The average molecular weight is 382 g/mol. The molecule has 0 heterocycles. The van der Waals surface area contributed by atoms with E-state index in [-0.39, 0.29) is 23.9 Å². The van der Waals surface area contributed by atoms with Crippen molar-refractivity contribution in [2.45, 2.75) is 24.7 Å². The molecule has 0 spiro atoms. The highest BCUT2D eigenvalue weighted by Gasteiger charge is 2.13. The van der Waals surface area contributed by atoms with Crippen molar-refractivity contribution in [3.63, 3.8) is 0 Å². The van der Waals surface area contributed by atoms with E-state index < -0.39 is 21.8 Å². The molecule has 0 bridgehead atoms. The van der Waals surface area contributed by atoms with Gasteiger partial charge in [0.1, 0.15) is 5.82 Å². The Kier molecular flexibility index (Phi) is 7.29. The van der Waals surface area contributed by atoms with Crippen molar-refractivity contribution in [3.05, 3.63) is 71.8 Å². The molecule has 140 valence electrons. The van der Waals surface area contributed by atoms with Crippen molar-refractivity contribution in [2.75, 3.05) is 13.2 Å². The Morgan fingerprint density at radius 2 is 1.62 bits per heavy atom. The Hall–Kier alpha value is -2.25. The lowest BCUT2D eigenvalue weighted by Crippen LogP contribution is -2.07. The van der Waals surface area contributed by atoms with E-state index in [1.165, 1.54) is 12.1 Å². The van der Waals surface area contributed by atoms with Gasteiger partial charge in [0.05, 0.1) is 18.1 Å². The van der Waals surface area contributed by atoms with Crippen LogP contribution in [0.15, 0.2) is 59.5 Å². The van der Waals surface area contributed by atoms with Crippen LogP contribution in [-0.2, 0) is 14.3 Å². The molecule has 0 aliphatic heterocycles. The van der Waals surface area contributed by atoms with Crippen molar-refractivity contribution >= 4 is 10.1 Å². The zero-order valence-corrected chi connectivity index (χ0v) is 15.1. The van der Waals surface area contributed by atoms with Gasteiger partial charge in [-0.05, 0) is 44.0 Å². The Morgan fingerprint density at radius 3 is 2.31 bits per heavy atom. The van der Waals surface area contributed by atoms with E-state index in [9.17, 15) is 17.2 Å². The summed E-state index contributed by atoms with van der Waals surface area (Å²) in [5.41, 5.74) is 0.965. The first-order valence-corrected chi connectivity index (χ1v) is 9.48. The molecule has 0 amide bonds. The molecule has 2 rings (SSSR count). The van der Waals surface area contributed by atoms with E-state index in [1.54, 1.807) is 24.3 Å². The summed E-state index contributed by atoms with van der Waals surface area (Å²) in [6.45, 7) is 2.07. The van der Waals surface area contributed by atoms with E-state index in [2.05, 4.69) is 0 Å². The molecule has 0 saturated heterocycles. The van der Waals surface area contributed by atoms with Crippen LogP contribution in [0.4, 0.5) is 8.78 Å². The van der Waals surface area contributed by atoms with Gasteiger partial charge in [-0.3, -0.25) is 4.18 Å². The van der Waals surface area contributed by atoms with E-state index in [1.807, 2.05) is 6.92 Å². The standard InChI is InChI=1S/C19H20F2O4S/c1-15-6-9-17(10-7-15)26(22,23)25-13-5-3-2-4-12-24-19-14-16(20)8-11-18(19)21/h2-3,6-11,14H,4-5,12-13H2,1H3/b3-2-. The minimum atomic E-state index is -3.76. The van der Waals surface area contributed by atoms with E-state index >= 15 is 0 Å². The highest BCUT2D eigenvalue weighted by Crippen LogP contribution is 2.18. The molecular formula is C19H20F2O4S. The van der Waals surface area contributed by atoms with Crippen LogP contribution in [0.2, 0.25) is 0 Å². The molecule has 4 nitrogen and oxygen atoms in total. The third-order valence-electron chi connectivity index (χ3n) is 3.43. The largest absolute Gasteiger partial charge is 0.490 e. The second kappa shape index (κ2) is 9.45. The monoisotopic (exact) mass is 382 g/mol. The van der Waals surface area contributed by atoms with E-state index in [0.717, 1.165) is 23.8 Å². The highest BCUT2D eigenvalue weighted by molar-refractivity contribution is 7.86. The van der Waals surface area contributed by atoms with Gasteiger partial charge in [-0.25, -0.2) is 8.78 Å². The van der Waals surface area contributed by atoms with Crippen LogP contribution in [0.3, 0.4) is 0 Å². The van der Waals surface area contributed by atoms with E-state index in [0.29, 0.717) is 12.8 Å². The van der Waals surface area contributed by atoms with Gasteiger partial charge in [0.15, 0.2) is 11.6 Å². The fourth-order valence-electron chi connectivity index (χ4n) is 2.06. The average Bonchev–Trinajstić information content (AvgIpc) is 2.60. The topological polar surface area (TPSA) is 52.6 Å². The maximum atomic E-state index is 13.3. The lowest BCUT2D eigenvalue weighted by atomic mass is 10.2. The van der Waals surface area contributed by atoms with Crippen molar-refractivity contribution < 1.29 is 26.1 Å². The van der Waals surface area contributed by atoms with Crippen molar-refractivity contribution in [1.29, 1.82) is 0 Å². The Bertz CT molecular complexity index is 846. The number of aryl methyl sites for hydroxylation is 1. The summed E-state index contributed by atoms with van der Waals surface area (Å²) in [5.74, 6) is -1.32. The summed E-state index contributed by atoms with van der Waals surface area (Å²) in [6, 6.07) is 9.43. The number of hydrogen-bond acceptors (Lipinski definition) is 4. The van der Waals surface area contributed by atoms with Crippen LogP contribution in [0, 0.1) is 18.6 Å². The summed E-state index contributed by atoms with van der Waals surface area (Å²) in [7, 11) is -3.76. The SMILES string of the molecule is Cc1ccc(S(=O)(=O)OCC/C=C\CCOc2cc(F)ccc2F)cc1. The molecule has 0 atom stereocenters. The summed E-state index contributed by atoms with van der Waals surface area (Å²) >= 11 is 0. The molecule has 0 unspecified atom stereocenters. The summed E-state index contributed by atoms with van der Waals surface area (Å²) in [5, 5.41) is 0. The first kappa shape index (κ1) is 20.1. The Balaban J connectivity index is 1.68. The molecule has 0 aliphatic carbocycles. The molecule has 2 aromatic rings. The molecule has 0 fully saturated rings. The number of hydrogen-bond donors (Lipinski definition) is 0. The predicted molar refractivity (Wildman–Crippen MR) is 94.5 cm³/mol. The summed E-state index contributed by atoms with van der Waals surface area (Å²) in [6.07, 6.45) is 4.38. The minimum Gasteiger partial charge on any atom is -0.490 e. The van der Waals surface area contributed by atoms with Crippen LogP contribution >= 0.6 is 0 Å². The normalized spacial score (nSPS) is 11.8. The molecule has 0 N–H and O–H groups in total. The van der Waals surface area contributed by atoms with Crippen molar-refractivity contribution in [1.82, 2.24) is 0 Å². The van der Waals surface area contributed by atoms with Crippen LogP contribution in [0.1, 0.15) is 18.4 Å². The molecule has 7 heteroatoms. The minimum absolute atomic E-state index is 0.0199. The fourth-order valence-corrected chi connectivity index (χ4v) is 2.98. The van der Waals surface area contributed by atoms with Crippen molar-refractivity contribution in [3.8, 4) is 5.75 Å². The molecular weight excluding hydrogens is 362 g/mol. The van der Waals surface area contributed by atoms with Gasteiger partial charge < -0.3 is 4.74 Å². The maximum Gasteiger partial charge on any atom is 0.296 e. The van der Waals surface area contributed by atoms with Crippen molar-refractivity contribution in [2.24, 2.45) is 0 Å². The molecule has 0 radical (unpaired) electrons. The number of halogens is 2. The predicted octanol–water partition coefficient (Wildman–Crippen LogP) is 4.39. The lowest BCUT2D eigenvalue weighted by molar-refractivity contribution is 0.305. The maximum absolute atomic E-state index is 13.3. The lowest BCUT2D eigenvalue weighted by Gasteiger charge is -2.06. The third-order valence-corrected chi connectivity index (χ3v) is 4.76. The zero-order valence-electron chi connectivity index (χ0n) is 14.3. The van der Waals surface area contributed by atoms with Crippen LogP contribution in [0.5, 0.6) is 5.75 Å². The van der Waals surface area contributed by atoms with Gasteiger partial charge in [-0.15, -0.1) is 0 Å². The Labute approximate surface area is 152 Å². The molecule has 2 aromatic carbocycles. The van der Waals surface area contributed by atoms with Gasteiger partial charge in [0.2, 0.25) is 0 Å². The van der Waals surface area contributed by atoms with Gasteiger partial charge in [-0.2, -0.15) is 8.42 Å². The first-order valence-electron chi connectivity index (χ1n) is 8.07. The summed E-state index contributed by atoms with van der Waals surface area (Å²) < 4.78 is 60.3. The third kappa shape index (κ3) is 6.24. The van der Waals surface area contributed by atoms with E-state index in [4.69, 9.17) is 8.92 Å². The van der Waals surface area contributed by atoms with Crippen LogP contribution in [-0.4, -0.2) is 21.6 Å². The van der Waals surface area contributed by atoms with Crippen LogP contribution < -0.4 is 4.74 Å². The number of rotatable bonds is 9. The summed E-state index contributed by atoms with van der Waals surface area (Å²) in [4.78, 5) is 0.123. The molecule has 0 saturated carbocycles. The molecule has 0 aliphatic rings.